The number of hydrogen-bond donors (Lipinski definition) is 1. The van der Waals surface area contributed by atoms with Crippen LogP contribution in [0, 0.1) is 0 Å². The summed E-state index contributed by atoms with van der Waals surface area (Å²) in [6.45, 7) is 2.26. The molecule has 0 atom stereocenters. The lowest BCUT2D eigenvalue weighted by molar-refractivity contribution is 0.610. The Bertz CT molecular complexity index is 544. The van der Waals surface area contributed by atoms with Crippen LogP contribution >= 0.6 is 27.7 Å². The molecule has 0 aliphatic rings. The molecule has 1 aromatic heterocycles. The number of hydrogen-bond acceptors (Lipinski definition) is 2. The number of fused-ring (bicyclic) bond motifs is 1. The number of para-hydroxylation sites is 2. The molecule has 0 amide bonds. The molecular weight excluding hydrogens is 344 g/mol. The summed E-state index contributed by atoms with van der Waals surface area (Å²) in [5, 5.41) is 0.980. The zero-order chi connectivity index (χ0) is 14.9. The maximum absolute atomic E-state index is 4.61. The van der Waals surface area contributed by atoms with E-state index in [4.69, 9.17) is 0 Å². The summed E-state index contributed by atoms with van der Waals surface area (Å²) >= 11 is 5.22. The molecular formula is C17H23BrN2S. The lowest BCUT2D eigenvalue weighted by Crippen LogP contribution is -1.83. The van der Waals surface area contributed by atoms with Crippen molar-refractivity contribution in [2.45, 2.75) is 57.0 Å². The third kappa shape index (κ3) is 5.51. The summed E-state index contributed by atoms with van der Waals surface area (Å²) in [7, 11) is 0. The van der Waals surface area contributed by atoms with Gasteiger partial charge < -0.3 is 4.98 Å². The molecule has 2 aromatic rings. The molecule has 2 rings (SSSR count). The van der Waals surface area contributed by atoms with E-state index in [1.54, 1.807) is 11.8 Å². The van der Waals surface area contributed by atoms with Crippen molar-refractivity contribution in [3.05, 3.63) is 34.2 Å². The van der Waals surface area contributed by atoms with E-state index in [0.29, 0.717) is 0 Å². The van der Waals surface area contributed by atoms with Gasteiger partial charge in [0.15, 0.2) is 5.16 Å². The molecule has 0 radical (unpaired) electrons. The number of halogens is 1. The van der Waals surface area contributed by atoms with Gasteiger partial charge in [0.05, 0.1) is 11.0 Å². The van der Waals surface area contributed by atoms with Crippen molar-refractivity contribution in [3.63, 3.8) is 0 Å². The van der Waals surface area contributed by atoms with E-state index in [-0.39, 0.29) is 0 Å². The predicted molar refractivity (Wildman–Crippen MR) is 97.0 cm³/mol. The average Bonchev–Trinajstić information content (AvgIpc) is 2.91. The fourth-order valence-corrected chi connectivity index (χ4v) is 3.66. The van der Waals surface area contributed by atoms with Crippen LogP contribution in [-0.2, 0) is 0 Å². The Morgan fingerprint density at radius 1 is 1.19 bits per heavy atom. The summed E-state index contributed by atoms with van der Waals surface area (Å²) in [5.74, 6) is 0. The largest absolute Gasteiger partial charge is 0.333 e. The Morgan fingerprint density at radius 3 is 2.71 bits per heavy atom. The maximum atomic E-state index is 4.61. The smallest absolute Gasteiger partial charge is 0.170 e. The van der Waals surface area contributed by atoms with Crippen LogP contribution in [0.1, 0.15) is 51.9 Å². The number of imidazole rings is 1. The molecule has 0 aliphatic carbocycles. The lowest BCUT2D eigenvalue weighted by Gasteiger charge is -2.04. The minimum absolute atomic E-state index is 0.980. The van der Waals surface area contributed by atoms with Crippen LogP contribution in [0.5, 0.6) is 0 Å². The number of unbranched alkanes of at least 4 members (excludes halogenated alkanes) is 5. The Labute approximate surface area is 139 Å². The molecule has 0 bridgehead atoms. The predicted octanol–water partition coefficient (Wildman–Crippen LogP) is 6.64. The average molecular weight is 367 g/mol. The van der Waals surface area contributed by atoms with E-state index in [2.05, 4.69) is 38.9 Å². The minimum atomic E-state index is 0.980. The fraction of sp³-hybridized carbons (Fsp3) is 0.471. The number of aromatic amines is 1. The molecule has 0 fully saturated rings. The van der Waals surface area contributed by atoms with Crippen LogP contribution in [-0.4, -0.2) is 9.97 Å². The fourth-order valence-electron chi connectivity index (χ4n) is 2.31. The van der Waals surface area contributed by atoms with Crippen molar-refractivity contribution < 1.29 is 0 Å². The van der Waals surface area contributed by atoms with E-state index in [9.17, 15) is 0 Å². The quantitative estimate of drug-likeness (QED) is 0.397. The second kappa shape index (κ2) is 9.31. The number of aromatic nitrogens is 2. The van der Waals surface area contributed by atoms with E-state index < -0.39 is 0 Å². The van der Waals surface area contributed by atoms with Gasteiger partial charge in [-0.3, -0.25) is 0 Å². The number of allylic oxidation sites excluding steroid dienone is 1. The summed E-state index contributed by atoms with van der Waals surface area (Å²) < 4.78 is 0. The number of benzene rings is 1. The molecule has 0 aliphatic heterocycles. The number of nitrogens with one attached hydrogen (secondary N) is 1. The second-order valence-corrected chi connectivity index (χ2v) is 6.83. The Hall–Kier alpha value is -0.740. The molecule has 21 heavy (non-hydrogen) atoms. The molecule has 1 N–H and O–H groups in total. The highest BCUT2D eigenvalue weighted by Gasteiger charge is 2.06. The SMILES string of the molecule is CCCCCCCC/C(=C/Br)Sc1nc2ccccc2[nH]1. The monoisotopic (exact) mass is 366 g/mol. The highest BCUT2D eigenvalue weighted by molar-refractivity contribution is 9.11. The third-order valence-corrected chi connectivity index (χ3v) is 5.32. The van der Waals surface area contributed by atoms with Crippen molar-refractivity contribution in [2.24, 2.45) is 0 Å². The molecule has 1 aromatic carbocycles. The molecule has 4 heteroatoms. The van der Waals surface area contributed by atoms with Gasteiger partial charge in [-0.05, 0) is 34.9 Å². The topological polar surface area (TPSA) is 28.7 Å². The highest BCUT2D eigenvalue weighted by Crippen LogP contribution is 2.30. The van der Waals surface area contributed by atoms with Gasteiger partial charge in [-0.25, -0.2) is 4.98 Å². The molecule has 0 unspecified atom stereocenters. The van der Waals surface area contributed by atoms with Crippen molar-refractivity contribution in [1.29, 1.82) is 0 Å². The standard InChI is InChI=1S/C17H23BrN2S/c1-2-3-4-5-6-7-10-14(13-18)21-17-19-15-11-8-9-12-16(15)20-17/h8-9,11-13H,2-7,10H2,1H3,(H,19,20)/b14-13-. The van der Waals surface area contributed by atoms with Gasteiger partial charge in [0.25, 0.3) is 0 Å². The first-order chi connectivity index (χ1) is 10.3. The Morgan fingerprint density at radius 2 is 1.95 bits per heavy atom. The van der Waals surface area contributed by atoms with Gasteiger partial charge in [-0.2, -0.15) is 0 Å². The summed E-state index contributed by atoms with van der Waals surface area (Å²) in [4.78, 5) is 11.4. The number of nitrogens with zero attached hydrogens (tertiary/aromatic N) is 1. The Balaban J connectivity index is 1.79. The molecule has 0 spiro atoms. The molecule has 0 saturated heterocycles. The van der Waals surface area contributed by atoms with Gasteiger partial charge in [0, 0.05) is 0 Å². The van der Waals surface area contributed by atoms with Crippen molar-refractivity contribution >= 4 is 38.7 Å². The van der Waals surface area contributed by atoms with Crippen LogP contribution in [0.3, 0.4) is 0 Å². The number of rotatable bonds is 9. The van der Waals surface area contributed by atoms with Crippen molar-refractivity contribution in [3.8, 4) is 0 Å². The van der Waals surface area contributed by atoms with E-state index in [0.717, 1.165) is 22.6 Å². The summed E-state index contributed by atoms with van der Waals surface area (Å²) in [5.41, 5.74) is 2.14. The normalized spacial score (nSPS) is 12.2. The highest BCUT2D eigenvalue weighted by atomic mass is 79.9. The lowest BCUT2D eigenvalue weighted by atomic mass is 10.1. The van der Waals surface area contributed by atoms with Crippen LogP contribution in [0.25, 0.3) is 11.0 Å². The molecule has 2 nitrogen and oxygen atoms in total. The summed E-state index contributed by atoms with van der Waals surface area (Å²) in [6, 6.07) is 8.17. The van der Waals surface area contributed by atoms with Gasteiger partial charge in [0.1, 0.15) is 0 Å². The van der Waals surface area contributed by atoms with Crippen molar-refractivity contribution in [1.82, 2.24) is 9.97 Å². The number of H-pyrrole nitrogens is 1. The van der Waals surface area contributed by atoms with Gasteiger partial charge in [0.2, 0.25) is 0 Å². The van der Waals surface area contributed by atoms with Gasteiger partial charge in [-0.15, -0.1) is 0 Å². The zero-order valence-corrected chi connectivity index (χ0v) is 15.0. The van der Waals surface area contributed by atoms with Crippen LogP contribution in [0.2, 0.25) is 0 Å². The maximum Gasteiger partial charge on any atom is 0.170 e. The van der Waals surface area contributed by atoms with E-state index >= 15 is 0 Å². The third-order valence-electron chi connectivity index (χ3n) is 3.49. The van der Waals surface area contributed by atoms with Gasteiger partial charge in [-0.1, -0.05) is 78.9 Å². The first-order valence-electron chi connectivity index (χ1n) is 7.75. The van der Waals surface area contributed by atoms with Crippen LogP contribution in [0.15, 0.2) is 39.3 Å². The summed E-state index contributed by atoms with van der Waals surface area (Å²) in [6.07, 6.45) is 9.13. The van der Waals surface area contributed by atoms with Crippen molar-refractivity contribution in [2.75, 3.05) is 0 Å². The first-order valence-corrected chi connectivity index (χ1v) is 9.48. The van der Waals surface area contributed by atoms with Crippen LogP contribution < -0.4 is 0 Å². The number of thioether (sulfide) groups is 1. The van der Waals surface area contributed by atoms with Crippen LogP contribution in [0.4, 0.5) is 0 Å². The van der Waals surface area contributed by atoms with E-state index in [1.807, 2.05) is 23.2 Å². The molecule has 1 heterocycles. The molecule has 0 saturated carbocycles. The minimum Gasteiger partial charge on any atom is -0.333 e. The zero-order valence-electron chi connectivity index (χ0n) is 12.6. The Kier molecular flexibility index (Phi) is 7.37. The second-order valence-electron chi connectivity index (χ2n) is 5.25. The molecule has 114 valence electrons. The van der Waals surface area contributed by atoms with E-state index in [1.165, 1.54) is 43.4 Å². The van der Waals surface area contributed by atoms with Gasteiger partial charge >= 0.3 is 0 Å². The first kappa shape index (κ1) is 16.6.